The number of hydrogen-bond donors (Lipinski definition) is 8. The molecule has 0 aromatic heterocycles. The van der Waals surface area contributed by atoms with Crippen molar-refractivity contribution in [2.75, 3.05) is 118 Å². The predicted molar refractivity (Wildman–Crippen MR) is 208 cm³/mol. The maximum atomic E-state index is 6.89. The summed E-state index contributed by atoms with van der Waals surface area (Å²) in [6.07, 6.45) is -2.33. The van der Waals surface area contributed by atoms with Gasteiger partial charge in [0.05, 0.1) is 13.2 Å². The first-order valence-corrected chi connectivity index (χ1v) is 20.5. The Morgan fingerprint density at radius 1 is 0.309 bits per heavy atom. The van der Waals surface area contributed by atoms with Crippen LogP contribution in [0.25, 0.3) is 0 Å². The van der Waals surface area contributed by atoms with Crippen molar-refractivity contribution in [2.45, 2.75) is 113 Å². The monoisotopic (exact) mass is 799 g/mol. The zero-order valence-electron chi connectivity index (χ0n) is 33.3. The van der Waals surface area contributed by atoms with Gasteiger partial charge >= 0.3 is 0 Å². The molecule has 0 unspecified atom stereocenters. The smallest absolute Gasteiger partial charge is 0.190 e. The molecule has 19 heteroatoms. The topological polar surface area (TPSA) is 310 Å². The molecule has 2 heterocycles. The van der Waals surface area contributed by atoms with Gasteiger partial charge in [-0.25, -0.2) is 0 Å². The highest BCUT2D eigenvalue weighted by molar-refractivity contribution is 4.97. The van der Waals surface area contributed by atoms with Crippen molar-refractivity contribution in [3.63, 3.8) is 0 Å². The fourth-order valence-electron chi connectivity index (χ4n) is 6.10. The van der Waals surface area contributed by atoms with Crippen LogP contribution >= 0.6 is 0 Å². The summed E-state index contributed by atoms with van der Waals surface area (Å²) in [4.78, 5) is 0. The summed E-state index contributed by atoms with van der Waals surface area (Å²) >= 11 is 0. The third-order valence-electron chi connectivity index (χ3n) is 8.95. The number of rotatable bonds is 36. The average molecular weight is 799 g/mol. The van der Waals surface area contributed by atoms with Gasteiger partial charge in [-0.1, -0.05) is 0 Å². The summed E-state index contributed by atoms with van der Waals surface area (Å²) in [6, 6.07) is 0. The van der Waals surface area contributed by atoms with E-state index in [1.165, 1.54) is 0 Å². The van der Waals surface area contributed by atoms with Gasteiger partial charge in [-0.2, -0.15) is 0 Å². The molecule has 16 N–H and O–H groups in total. The van der Waals surface area contributed by atoms with Crippen LogP contribution in [0.5, 0.6) is 0 Å². The third kappa shape index (κ3) is 19.2. The minimum Gasteiger partial charge on any atom is -0.379 e. The van der Waals surface area contributed by atoms with Crippen molar-refractivity contribution >= 4 is 0 Å². The lowest BCUT2D eigenvalue weighted by Gasteiger charge is -2.50. The fraction of sp³-hybridized carbons (Fsp3) is 1.00. The van der Waals surface area contributed by atoms with Crippen LogP contribution in [0.3, 0.4) is 0 Å². The molecule has 10 atom stereocenters. The lowest BCUT2D eigenvalue weighted by atomic mass is 9.96. The van der Waals surface area contributed by atoms with Crippen molar-refractivity contribution in [2.24, 2.45) is 45.9 Å². The van der Waals surface area contributed by atoms with Crippen molar-refractivity contribution in [1.82, 2.24) is 0 Å². The largest absolute Gasteiger partial charge is 0.379 e. The van der Waals surface area contributed by atoms with Crippen LogP contribution < -0.4 is 45.9 Å². The van der Waals surface area contributed by atoms with E-state index < -0.39 is 61.4 Å². The molecule has 2 fully saturated rings. The van der Waals surface area contributed by atoms with Crippen LogP contribution in [0.15, 0.2) is 0 Å². The molecule has 2 aliphatic heterocycles. The molecule has 0 spiro atoms. The van der Waals surface area contributed by atoms with Gasteiger partial charge in [0.25, 0.3) is 0 Å². The zero-order chi connectivity index (χ0) is 39.9. The van der Waals surface area contributed by atoms with Crippen LogP contribution in [0.4, 0.5) is 0 Å². The average Bonchev–Trinajstić information content (AvgIpc) is 3.18. The molecular formula is C36H78N8O11. The standard InChI is InChI=1S/C36H78N8O11/c37-9-1-17-45-25-27-29(47-19-3-11-39)31(49-21-5-13-41)33(51-23-7-15-43)35(53-27)55-36-34(52-24-8-16-44)32(50-22-6-14-42)30(48-20-4-12-40)28(54-36)26-46-18-2-10-38/h27-36H,1-26,37-44H2/t27-,28-,29-,30-,31+,32+,33-,34-,35-,36-/m1/s1. The van der Waals surface area contributed by atoms with Crippen molar-refractivity contribution in [1.29, 1.82) is 0 Å². The van der Waals surface area contributed by atoms with Crippen LogP contribution in [0.2, 0.25) is 0 Å². The van der Waals surface area contributed by atoms with Gasteiger partial charge in [0.2, 0.25) is 0 Å². The van der Waals surface area contributed by atoms with E-state index in [1.807, 2.05) is 0 Å². The van der Waals surface area contributed by atoms with Gasteiger partial charge in [0.15, 0.2) is 12.6 Å². The number of hydrogen-bond acceptors (Lipinski definition) is 19. The zero-order valence-corrected chi connectivity index (χ0v) is 33.3. The maximum absolute atomic E-state index is 6.89. The quantitative estimate of drug-likeness (QED) is 0.0306. The van der Waals surface area contributed by atoms with Crippen molar-refractivity contribution in [3.8, 4) is 0 Å². The summed E-state index contributed by atoms with van der Waals surface area (Å²) in [5.41, 5.74) is 46.7. The Balaban J connectivity index is 2.61. The van der Waals surface area contributed by atoms with Gasteiger partial charge in [0.1, 0.15) is 48.8 Å². The Bertz CT molecular complexity index is 817. The fourth-order valence-corrected chi connectivity index (χ4v) is 6.10. The molecule has 0 aliphatic carbocycles. The van der Waals surface area contributed by atoms with E-state index in [9.17, 15) is 0 Å². The first kappa shape index (κ1) is 50.4. The minimum atomic E-state index is -1.04. The van der Waals surface area contributed by atoms with E-state index in [1.54, 1.807) is 0 Å². The van der Waals surface area contributed by atoms with E-state index in [2.05, 4.69) is 0 Å². The molecular weight excluding hydrogens is 720 g/mol. The summed E-state index contributed by atoms with van der Waals surface area (Å²) in [6.45, 7) is 6.97. The Labute approximate surface area is 328 Å². The molecule has 2 saturated heterocycles. The van der Waals surface area contributed by atoms with Gasteiger partial charge < -0.3 is 98.0 Å². The highest BCUT2D eigenvalue weighted by atomic mass is 16.8. The minimum absolute atomic E-state index is 0.181. The van der Waals surface area contributed by atoms with Crippen LogP contribution in [-0.2, 0) is 52.1 Å². The van der Waals surface area contributed by atoms with Gasteiger partial charge in [-0.3, -0.25) is 0 Å². The molecule has 2 aliphatic rings. The summed E-state index contributed by atoms with van der Waals surface area (Å²) < 4.78 is 71.5. The Morgan fingerprint density at radius 2 is 0.564 bits per heavy atom. The van der Waals surface area contributed by atoms with E-state index in [4.69, 9.17) is 98.0 Å². The molecule has 0 bridgehead atoms. The van der Waals surface area contributed by atoms with E-state index in [-0.39, 0.29) is 13.2 Å². The van der Waals surface area contributed by atoms with Crippen LogP contribution in [0, 0.1) is 0 Å². The second-order valence-electron chi connectivity index (χ2n) is 13.5. The Hall–Kier alpha value is -0.760. The normalized spacial score (nSPS) is 28.6. The van der Waals surface area contributed by atoms with E-state index in [0.717, 1.165) is 0 Å². The highest BCUT2D eigenvalue weighted by Crippen LogP contribution is 2.35. The molecule has 2 rings (SSSR count). The van der Waals surface area contributed by atoms with Gasteiger partial charge in [-0.05, 0) is 104 Å². The highest BCUT2D eigenvalue weighted by Gasteiger charge is 2.54. The molecule has 0 saturated carbocycles. The summed E-state index contributed by atoms with van der Waals surface area (Å²) in [7, 11) is 0. The van der Waals surface area contributed by atoms with Gasteiger partial charge in [0, 0.05) is 52.9 Å². The first-order valence-electron chi connectivity index (χ1n) is 20.5. The SMILES string of the molecule is NCCCOC[C@H]1O[C@H](O[C@H]2O[C@H](COCCCN)[C@@H](OCCCN)[C@H](OCCCN)[C@H]2OCCCN)[C@H](OCCCN)[C@@H](OCCCN)[C@@H]1OCCCN. The first-order chi connectivity index (χ1) is 27.0. The van der Waals surface area contributed by atoms with Gasteiger partial charge in [-0.15, -0.1) is 0 Å². The third-order valence-corrected chi connectivity index (χ3v) is 8.95. The Kier molecular flexibility index (Phi) is 30.3. The molecule has 0 radical (unpaired) electrons. The molecule has 0 amide bonds. The number of ether oxygens (including phenoxy) is 11. The summed E-state index contributed by atoms with van der Waals surface area (Å²) in [5.74, 6) is 0. The predicted octanol–water partition coefficient (Wildman–Crippen LogP) is -2.41. The second-order valence-corrected chi connectivity index (χ2v) is 13.5. The lowest BCUT2D eigenvalue weighted by molar-refractivity contribution is -0.391. The lowest BCUT2D eigenvalue weighted by Crippen LogP contribution is -2.66. The molecule has 0 aromatic carbocycles. The second kappa shape index (κ2) is 33.1. The number of nitrogens with two attached hydrogens (primary N) is 8. The summed E-state index contributed by atoms with van der Waals surface area (Å²) in [5, 5.41) is 0. The van der Waals surface area contributed by atoms with Crippen molar-refractivity contribution < 1.29 is 52.1 Å². The molecule has 19 nitrogen and oxygen atoms in total. The molecule has 0 aromatic rings. The van der Waals surface area contributed by atoms with Crippen LogP contribution in [0.1, 0.15) is 51.4 Å². The van der Waals surface area contributed by atoms with Crippen molar-refractivity contribution in [3.05, 3.63) is 0 Å². The van der Waals surface area contributed by atoms with Crippen LogP contribution in [-0.4, -0.2) is 180 Å². The van der Waals surface area contributed by atoms with E-state index >= 15 is 0 Å². The van der Waals surface area contributed by atoms with E-state index in [0.29, 0.717) is 157 Å². The molecule has 55 heavy (non-hydrogen) atoms. The Morgan fingerprint density at radius 3 is 0.855 bits per heavy atom. The molecule has 328 valence electrons. The maximum Gasteiger partial charge on any atom is 0.190 e.